The quantitative estimate of drug-likeness (QED) is 0.114. The number of rotatable bonds is 12. The Morgan fingerprint density at radius 1 is 0.706 bits per heavy atom. The number of carbonyl (C=O) groups excluding carboxylic acids is 1. The maximum Gasteiger partial charge on any atom is 0.325 e. The van der Waals surface area contributed by atoms with Crippen LogP contribution in [0.5, 0.6) is 11.5 Å². The Labute approximate surface area is 414 Å². The van der Waals surface area contributed by atoms with Crippen LogP contribution < -0.4 is 24.6 Å². The minimum atomic E-state index is -0.979. The fourth-order valence-corrected chi connectivity index (χ4v) is 8.11. The van der Waals surface area contributed by atoms with Gasteiger partial charge >= 0.3 is 5.97 Å². The lowest BCUT2D eigenvalue weighted by Gasteiger charge is -2.41. The first-order chi connectivity index (χ1) is 32.3. The van der Waals surface area contributed by atoms with Gasteiger partial charge in [0.2, 0.25) is 5.91 Å². The molecule has 0 bridgehead atoms. The van der Waals surface area contributed by atoms with E-state index in [9.17, 15) is 14.7 Å². The minimum absolute atomic E-state index is 0. The molecular formula is C45H54Cl4N12O7. The van der Waals surface area contributed by atoms with Gasteiger partial charge in [0.25, 0.3) is 0 Å². The van der Waals surface area contributed by atoms with Crippen molar-refractivity contribution < 1.29 is 34.4 Å². The van der Waals surface area contributed by atoms with Gasteiger partial charge in [0.15, 0.2) is 11.6 Å². The van der Waals surface area contributed by atoms with Gasteiger partial charge in [0, 0.05) is 93.6 Å². The molecule has 2 atom stereocenters. The number of aromatic nitrogens is 8. The van der Waals surface area contributed by atoms with Gasteiger partial charge in [0.05, 0.1) is 65.0 Å². The molecule has 8 rings (SSSR count). The van der Waals surface area contributed by atoms with Gasteiger partial charge in [-0.25, -0.2) is 19.9 Å². The highest BCUT2D eigenvalue weighted by atomic mass is 35.5. The van der Waals surface area contributed by atoms with Crippen molar-refractivity contribution in [1.82, 2.24) is 49.7 Å². The van der Waals surface area contributed by atoms with Crippen molar-refractivity contribution in [1.29, 1.82) is 0 Å². The Kier molecular flexibility index (Phi) is 19.5. The molecule has 4 aromatic heterocycles. The summed E-state index contributed by atoms with van der Waals surface area (Å²) in [6.45, 7) is 7.38. The van der Waals surface area contributed by atoms with E-state index in [2.05, 4.69) is 45.2 Å². The standard InChI is InChI=1S/C22H24Cl2N6O3.C12H17ClN2O2.C10H9ClN4O2.CH4/c1-14-20(24)21(22-25-6-3-7-26-22)27-30(14)12-19(32)29-9-8-28(11-16(29)13-31)15-4-5-17(23)18(10-15)33-2;1-17-12-6-10(2-3-11(12)13)15-5-4-14-9(7-15)8-16;1-6-8(11)9(10-12-3-2-4-13-10)14-15(6)5-7(16)17;/h3-7,10,16,31H,8-9,11-13H2,1-2H3;2-3,6,9,14,16H,4-5,7-8H2,1H3;2-4H,5H2,1H3,(H,16,17);1H4/t16-;9-;;/m11../s1. The molecule has 6 aromatic rings. The molecule has 0 unspecified atom stereocenters. The molecule has 2 aliphatic rings. The summed E-state index contributed by atoms with van der Waals surface area (Å²) >= 11 is 24.6. The first-order valence-electron chi connectivity index (χ1n) is 20.9. The summed E-state index contributed by atoms with van der Waals surface area (Å²) < 4.78 is 13.4. The van der Waals surface area contributed by atoms with E-state index in [0.717, 1.165) is 31.0 Å². The first-order valence-corrected chi connectivity index (χ1v) is 22.4. The van der Waals surface area contributed by atoms with Gasteiger partial charge in [-0.05, 0) is 50.2 Å². The maximum atomic E-state index is 13.2. The molecule has 2 aromatic carbocycles. The highest BCUT2D eigenvalue weighted by Crippen LogP contribution is 2.32. The third-order valence-corrected chi connectivity index (χ3v) is 12.4. The molecule has 6 heterocycles. The van der Waals surface area contributed by atoms with Crippen molar-refractivity contribution >= 4 is 69.7 Å². The summed E-state index contributed by atoms with van der Waals surface area (Å²) in [5.74, 6) is 0.917. The fraction of sp³-hybridized carbons (Fsp3) is 0.378. The normalized spacial score (nSPS) is 15.6. The van der Waals surface area contributed by atoms with Crippen LogP contribution >= 0.6 is 46.4 Å². The molecule has 364 valence electrons. The van der Waals surface area contributed by atoms with Gasteiger partial charge < -0.3 is 44.8 Å². The van der Waals surface area contributed by atoms with Crippen molar-refractivity contribution in [2.24, 2.45) is 0 Å². The molecule has 2 aliphatic heterocycles. The third-order valence-electron chi connectivity index (χ3n) is 10.9. The Morgan fingerprint density at radius 3 is 1.65 bits per heavy atom. The summed E-state index contributed by atoms with van der Waals surface area (Å²) in [5.41, 5.74) is 4.06. The molecule has 2 fully saturated rings. The van der Waals surface area contributed by atoms with E-state index in [4.69, 9.17) is 66.1 Å². The van der Waals surface area contributed by atoms with E-state index in [1.807, 2.05) is 30.3 Å². The smallest absolute Gasteiger partial charge is 0.325 e. The Hall–Kier alpha value is -5.80. The molecular weight excluding hydrogens is 962 g/mol. The number of carboxylic acids is 1. The van der Waals surface area contributed by atoms with Gasteiger partial charge in [-0.3, -0.25) is 19.0 Å². The Morgan fingerprint density at radius 2 is 1.19 bits per heavy atom. The lowest BCUT2D eigenvalue weighted by molar-refractivity contribution is -0.138. The summed E-state index contributed by atoms with van der Waals surface area (Å²) in [6, 6.07) is 14.4. The third kappa shape index (κ3) is 13.0. The van der Waals surface area contributed by atoms with Crippen LogP contribution in [0.25, 0.3) is 23.0 Å². The largest absolute Gasteiger partial charge is 0.495 e. The maximum absolute atomic E-state index is 13.2. The zero-order valence-electron chi connectivity index (χ0n) is 37.1. The minimum Gasteiger partial charge on any atom is -0.495 e. The summed E-state index contributed by atoms with van der Waals surface area (Å²) in [6.07, 6.45) is 6.37. The predicted octanol–water partition coefficient (Wildman–Crippen LogP) is 5.82. The second-order valence-corrected chi connectivity index (χ2v) is 16.7. The first kappa shape index (κ1) is 53.2. The molecule has 2 saturated heterocycles. The number of aliphatic hydroxyl groups is 2. The molecule has 1 amide bonds. The average Bonchev–Trinajstić information content (AvgIpc) is 3.80. The number of anilines is 2. The van der Waals surface area contributed by atoms with Crippen LogP contribution in [-0.2, 0) is 22.7 Å². The fourth-order valence-electron chi connectivity index (χ4n) is 7.28. The van der Waals surface area contributed by atoms with E-state index in [1.54, 1.807) is 80.6 Å². The zero-order chi connectivity index (χ0) is 48.2. The van der Waals surface area contributed by atoms with Crippen molar-refractivity contribution in [3.63, 3.8) is 0 Å². The number of benzene rings is 2. The average molecular weight is 1020 g/mol. The number of ether oxygens (including phenoxy) is 2. The molecule has 23 heteroatoms. The number of methoxy groups -OCH3 is 2. The van der Waals surface area contributed by atoms with Crippen LogP contribution in [0.4, 0.5) is 11.4 Å². The van der Waals surface area contributed by atoms with Crippen molar-refractivity contribution in [3.8, 4) is 34.5 Å². The number of halogens is 4. The number of hydrogen-bond acceptors (Lipinski definition) is 15. The molecule has 68 heavy (non-hydrogen) atoms. The van der Waals surface area contributed by atoms with Crippen LogP contribution in [0.2, 0.25) is 20.1 Å². The van der Waals surface area contributed by atoms with Crippen LogP contribution in [-0.4, -0.2) is 150 Å². The molecule has 19 nitrogen and oxygen atoms in total. The molecule has 0 spiro atoms. The van der Waals surface area contributed by atoms with Crippen LogP contribution in [0.15, 0.2) is 73.3 Å². The number of carbonyl (C=O) groups is 2. The second-order valence-electron chi connectivity index (χ2n) is 15.1. The number of aliphatic carboxylic acids is 1. The molecule has 0 radical (unpaired) electrons. The van der Waals surface area contributed by atoms with Crippen molar-refractivity contribution in [3.05, 3.63) is 105 Å². The summed E-state index contributed by atoms with van der Waals surface area (Å²) in [5, 5.41) is 41.7. The Bertz CT molecular complexity index is 2610. The molecule has 0 saturated carbocycles. The van der Waals surface area contributed by atoms with Gasteiger partial charge in [-0.2, -0.15) is 10.2 Å². The SMILES string of the molecule is C.COc1cc(N2CCN(C(=O)Cn3nc(-c4ncccn4)c(Cl)c3C)[C@@H](CO)C2)ccc1Cl.COc1cc(N2CCN[C@@H](CO)C2)ccc1Cl.Cc1c(Cl)c(-c2ncccn2)nn1CC(=O)O. The topological polar surface area (TPSA) is 222 Å². The lowest BCUT2D eigenvalue weighted by atomic mass is 10.1. The number of amides is 1. The highest BCUT2D eigenvalue weighted by Gasteiger charge is 2.31. The van der Waals surface area contributed by atoms with Crippen molar-refractivity contribution in [2.75, 3.05) is 76.5 Å². The predicted molar refractivity (Wildman–Crippen MR) is 262 cm³/mol. The van der Waals surface area contributed by atoms with Gasteiger partial charge in [0.1, 0.15) is 36.0 Å². The van der Waals surface area contributed by atoms with E-state index in [-0.39, 0.29) is 51.7 Å². The number of carboxylic acid groups (broad SMARTS) is 1. The Balaban J connectivity index is 0.000000208. The highest BCUT2D eigenvalue weighted by molar-refractivity contribution is 6.34. The molecule has 0 aliphatic carbocycles. The molecule has 4 N–H and O–H groups in total. The zero-order valence-corrected chi connectivity index (χ0v) is 40.1. The summed E-state index contributed by atoms with van der Waals surface area (Å²) in [7, 11) is 3.18. The second kappa shape index (κ2) is 25.0. The van der Waals surface area contributed by atoms with E-state index in [1.165, 1.54) is 4.68 Å². The number of aliphatic hydroxyl groups excluding tert-OH is 2. The summed E-state index contributed by atoms with van der Waals surface area (Å²) in [4.78, 5) is 46.2. The van der Waals surface area contributed by atoms with Crippen LogP contribution in [0.1, 0.15) is 18.8 Å². The monoisotopic (exact) mass is 1010 g/mol. The lowest BCUT2D eigenvalue weighted by Crippen LogP contribution is -2.57. The number of nitrogens with zero attached hydrogens (tertiary/aromatic N) is 11. The van der Waals surface area contributed by atoms with Gasteiger partial charge in [-0.15, -0.1) is 0 Å². The van der Waals surface area contributed by atoms with Crippen molar-refractivity contribution in [2.45, 2.75) is 46.4 Å². The van der Waals surface area contributed by atoms with E-state index < -0.39 is 5.97 Å². The van der Waals surface area contributed by atoms with Crippen LogP contribution in [0, 0.1) is 13.8 Å². The van der Waals surface area contributed by atoms with Crippen LogP contribution in [0.3, 0.4) is 0 Å². The number of piperazine rings is 2. The van der Waals surface area contributed by atoms with Gasteiger partial charge in [-0.1, -0.05) is 53.8 Å². The van der Waals surface area contributed by atoms with E-state index >= 15 is 0 Å². The number of hydrogen-bond donors (Lipinski definition) is 4. The van der Waals surface area contributed by atoms with E-state index in [0.29, 0.717) is 85.6 Å². The number of nitrogens with one attached hydrogen (secondary N) is 1.